The molecule has 0 fully saturated rings. The molecule has 0 saturated heterocycles. The molecule has 1 atom stereocenters. The summed E-state index contributed by atoms with van der Waals surface area (Å²) in [6, 6.07) is 7.43. The number of hydrogen-bond donors (Lipinski definition) is 1. The lowest BCUT2D eigenvalue weighted by atomic mass is 10.0. The van der Waals surface area contributed by atoms with Crippen molar-refractivity contribution in [3.8, 4) is 0 Å². The topological polar surface area (TPSA) is 89.3 Å². The molecule has 29 heavy (non-hydrogen) atoms. The number of pyridine rings is 1. The first kappa shape index (κ1) is 20.3. The fourth-order valence-corrected chi connectivity index (χ4v) is 6.22. The Morgan fingerprint density at radius 1 is 1.38 bits per heavy atom. The summed E-state index contributed by atoms with van der Waals surface area (Å²) in [5.41, 5.74) is 2.56. The summed E-state index contributed by atoms with van der Waals surface area (Å²) in [5, 5.41) is 10.6. The van der Waals surface area contributed by atoms with Gasteiger partial charge in [-0.2, -0.15) is 0 Å². The highest BCUT2D eigenvalue weighted by Crippen LogP contribution is 2.48. The lowest BCUT2D eigenvalue weighted by Gasteiger charge is -2.11. The average molecular weight is 451 g/mol. The molecule has 0 amide bonds. The van der Waals surface area contributed by atoms with Crippen molar-refractivity contribution in [2.45, 2.75) is 47.0 Å². The maximum Gasteiger partial charge on any atom is 0.304 e. The number of fused-ring (bicyclic) bond motifs is 3. The molecule has 0 aliphatic carbocycles. The third kappa shape index (κ3) is 3.65. The molecule has 152 valence electrons. The maximum absolute atomic E-state index is 12.4. The van der Waals surface area contributed by atoms with E-state index in [4.69, 9.17) is 11.6 Å². The molecule has 0 bridgehead atoms. The Kier molecular flexibility index (Phi) is 5.13. The second-order valence-corrected chi connectivity index (χ2v) is 10.7. The van der Waals surface area contributed by atoms with Gasteiger partial charge in [0.1, 0.15) is 0 Å². The van der Waals surface area contributed by atoms with Crippen molar-refractivity contribution in [1.29, 1.82) is 0 Å². The number of halogens is 1. The number of carboxylic acids is 1. The SMILES string of the molecule is Cc1cc(Sc2c3n(c4ccnc(S(C)(=O)=O)c24)CCC3CC(=O)O)ccc1Cl. The molecule has 3 aromatic rings. The Morgan fingerprint density at radius 3 is 2.79 bits per heavy atom. The summed E-state index contributed by atoms with van der Waals surface area (Å²) in [4.78, 5) is 17.2. The molecule has 4 rings (SSSR count). The van der Waals surface area contributed by atoms with Crippen molar-refractivity contribution in [2.75, 3.05) is 6.26 Å². The van der Waals surface area contributed by atoms with Gasteiger partial charge in [0.25, 0.3) is 0 Å². The lowest BCUT2D eigenvalue weighted by Crippen LogP contribution is -2.04. The Bertz CT molecular complexity index is 1250. The van der Waals surface area contributed by atoms with E-state index in [1.807, 2.05) is 29.7 Å². The Morgan fingerprint density at radius 2 is 2.14 bits per heavy atom. The summed E-state index contributed by atoms with van der Waals surface area (Å²) in [5.74, 6) is -1.04. The van der Waals surface area contributed by atoms with Crippen LogP contribution < -0.4 is 0 Å². The molecular weight excluding hydrogens is 432 g/mol. The van der Waals surface area contributed by atoms with E-state index in [1.165, 1.54) is 18.0 Å². The fourth-order valence-electron chi connectivity index (χ4n) is 3.91. The molecule has 2 aromatic heterocycles. The fraction of sp³-hybridized carbons (Fsp3) is 0.300. The van der Waals surface area contributed by atoms with Crippen molar-refractivity contribution in [3.05, 3.63) is 46.7 Å². The van der Waals surface area contributed by atoms with E-state index in [2.05, 4.69) is 4.98 Å². The van der Waals surface area contributed by atoms with Crippen LogP contribution in [0.3, 0.4) is 0 Å². The number of hydrogen-bond acceptors (Lipinski definition) is 5. The molecule has 0 radical (unpaired) electrons. The van der Waals surface area contributed by atoms with E-state index in [0.29, 0.717) is 23.4 Å². The number of carboxylic acid groups (broad SMARTS) is 1. The zero-order valence-corrected chi connectivity index (χ0v) is 18.2. The number of carbonyl (C=O) groups is 1. The van der Waals surface area contributed by atoms with Crippen LogP contribution in [0.5, 0.6) is 0 Å². The van der Waals surface area contributed by atoms with Crippen LogP contribution in [0, 0.1) is 6.92 Å². The van der Waals surface area contributed by atoms with E-state index in [0.717, 1.165) is 32.8 Å². The third-order valence-electron chi connectivity index (χ3n) is 5.14. The first-order valence-electron chi connectivity index (χ1n) is 9.03. The number of sulfone groups is 1. The van der Waals surface area contributed by atoms with Gasteiger partial charge in [0.05, 0.1) is 17.3 Å². The van der Waals surface area contributed by atoms with Crippen molar-refractivity contribution in [3.63, 3.8) is 0 Å². The van der Waals surface area contributed by atoms with Crippen LogP contribution in [0.2, 0.25) is 5.02 Å². The van der Waals surface area contributed by atoms with Crippen LogP contribution >= 0.6 is 23.4 Å². The van der Waals surface area contributed by atoms with E-state index in [-0.39, 0.29) is 17.4 Å². The minimum atomic E-state index is -3.56. The predicted molar refractivity (Wildman–Crippen MR) is 113 cm³/mol. The van der Waals surface area contributed by atoms with Crippen molar-refractivity contribution < 1.29 is 18.3 Å². The molecule has 0 spiro atoms. The van der Waals surface area contributed by atoms with Gasteiger partial charge in [-0.1, -0.05) is 23.4 Å². The summed E-state index contributed by atoms with van der Waals surface area (Å²) in [7, 11) is -3.56. The molecule has 1 N–H and O–H groups in total. The zero-order valence-electron chi connectivity index (χ0n) is 15.8. The summed E-state index contributed by atoms with van der Waals surface area (Å²) in [6.45, 7) is 2.56. The molecule has 0 saturated carbocycles. The predicted octanol–water partition coefficient (Wildman–Crippen LogP) is 4.51. The van der Waals surface area contributed by atoms with E-state index in [9.17, 15) is 18.3 Å². The number of rotatable bonds is 5. The second kappa shape index (κ2) is 7.34. The van der Waals surface area contributed by atoms with Crippen LogP contribution in [0.4, 0.5) is 0 Å². The molecule has 1 unspecified atom stereocenters. The Balaban J connectivity index is 1.99. The highest BCUT2D eigenvalue weighted by molar-refractivity contribution is 7.99. The van der Waals surface area contributed by atoms with Crippen LogP contribution in [-0.2, 0) is 21.2 Å². The number of aryl methyl sites for hydroxylation is 2. The van der Waals surface area contributed by atoms with Gasteiger partial charge in [0.15, 0.2) is 14.9 Å². The smallest absolute Gasteiger partial charge is 0.304 e. The lowest BCUT2D eigenvalue weighted by molar-refractivity contribution is -0.137. The summed E-state index contributed by atoms with van der Waals surface area (Å²) < 4.78 is 26.9. The molecule has 9 heteroatoms. The van der Waals surface area contributed by atoms with Gasteiger partial charge in [-0.25, -0.2) is 13.4 Å². The first-order valence-corrected chi connectivity index (χ1v) is 12.1. The van der Waals surface area contributed by atoms with Crippen LogP contribution in [0.1, 0.15) is 30.0 Å². The zero-order chi connectivity index (χ0) is 20.9. The molecular formula is C20H19ClN2O4S2. The van der Waals surface area contributed by atoms with Crippen LogP contribution in [-0.4, -0.2) is 35.3 Å². The van der Waals surface area contributed by atoms with Crippen molar-refractivity contribution in [2.24, 2.45) is 0 Å². The average Bonchev–Trinajstić information content (AvgIpc) is 3.17. The molecule has 3 heterocycles. The molecule has 6 nitrogen and oxygen atoms in total. The number of benzene rings is 1. The number of aromatic nitrogens is 2. The van der Waals surface area contributed by atoms with Gasteiger partial charge < -0.3 is 9.67 Å². The highest BCUT2D eigenvalue weighted by Gasteiger charge is 2.33. The standard InChI is InChI=1S/C20H19ClN2O4S2/c1-11-9-13(3-4-14(11)21)28-19-17-15(5-7-22-20(17)29(2,26)27)23-8-6-12(18(19)23)10-16(24)25/h3-5,7,9,12H,6,8,10H2,1-2H3,(H,24,25). The molecule has 1 aromatic carbocycles. The summed E-state index contributed by atoms with van der Waals surface area (Å²) in [6.07, 6.45) is 3.36. The van der Waals surface area contributed by atoms with E-state index < -0.39 is 15.8 Å². The van der Waals surface area contributed by atoms with Crippen LogP contribution in [0.15, 0.2) is 45.3 Å². The maximum atomic E-state index is 12.4. The van der Waals surface area contributed by atoms with Gasteiger partial charge in [-0.15, -0.1) is 0 Å². The molecule has 1 aliphatic heterocycles. The van der Waals surface area contributed by atoms with Gasteiger partial charge in [-0.3, -0.25) is 4.79 Å². The Labute approximate surface area is 177 Å². The largest absolute Gasteiger partial charge is 0.481 e. The first-order chi connectivity index (χ1) is 13.7. The van der Waals surface area contributed by atoms with Crippen molar-refractivity contribution in [1.82, 2.24) is 9.55 Å². The quantitative estimate of drug-likeness (QED) is 0.614. The van der Waals surface area contributed by atoms with Gasteiger partial charge in [0, 0.05) is 45.4 Å². The minimum absolute atomic E-state index is 0.00512. The van der Waals surface area contributed by atoms with Gasteiger partial charge in [-0.05, 0) is 43.2 Å². The monoisotopic (exact) mass is 450 g/mol. The van der Waals surface area contributed by atoms with Gasteiger partial charge >= 0.3 is 5.97 Å². The number of aliphatic carboxylic acids is 1. The van der Waals surface area contributed by atoms with Gasteiger partial charge in [0.2, 0.25) is 0 Å². The third-order valence-corrected chi connectivity index (χ3v) is 7.69. The normalized spacial score (nSPS) is 16.3. The number of nitrogens with zero attached hydrogens (tertiary/aromatic N) is 2. The Hall–Kier alpha value is -2.03. The van der Waals surface area contributed by atoms with Crippen molar-refractivity contribution >= 4 is 50.1 Å². The van der Waals surface area contributed by atoms with Crippen LogP contribution in [0.25, 0.3) is 10.9 Å². The summed E-state index contributed by atoms with van der Waals surface area (Å²) >= 11 is 7.59. The highest BCUT2D eigenvalue weighted by atomic mass is 35.5. The minimum Gasteiger partial charge on any atom is -0.481 e. The van der Waals surface area contributed by atoms with E-state index >= 15 is 0 Å². The molecule has 1 aliphatic rings. The van der Waals surface area contributed by atoms with E-state index in [1.54, 1.807) is 6.07 Å². The second-order valence-electron chi connectivity index (χ2n) is 7.24.